The van der Waals surface area contributed by atoms with Crippen LogP contribution in [0.5, 0.6) is 5.88 Å². The molecule has 0 saturated carbocycles. The molecule has 1 fully saturated rings. The topological polar surface area (TPSA) is 111 Å². The Bertz CT molecular complexity index is 1170. The largest absolute Gasteiger partial charge is 0.480 e. The second kappa shape index (κ2) is 9.05. The summed E-state index contributed by atoms with van der Waals surface area (Å²) in [6, 6.07) is 6.68. The first-order valence-corrected chi connectivity index (χ1v) is 10.9. The standard InChI is InChI=1S/C21H23N5O5S/c1-13-17-19(31-3)22-16(12-30-2)23-20(17)32-18(13)21(27)25-10-8-24(9-11-25)14-6-4-5-7-15(14)26(28)29/h4-7H,8-12H2,1-3H3. The zero-order valence-electron chi connectivity index (χ0n) is 18.0. The number of ether oxygens (including phenoxy) is 2. The Morgan fingerprint density at radius 2 is 1.91 bits per heavy atom. The van der Waals surface area contributed by atoms with E-state index in [1.54, 1.807) is 37.3 Å². The van der Waals surface area contributed by atoms with Crippen molar-refractivity contribution in [2.24, 2.45) is 0 Å². The monoisotopic (exact) mass is 457 g/mol. The number of aryl methyl sites for hydroxylation is 1. The van der Waals surface area contributed by atoms with Crippen LogP contribution in [0.1, 0.15) is 21.1 Å². The Kier molecular flexibility index (Phi) is 6.19. The van der Waals surface area contributed by atoms with Gasteiger partial charge in [0, 0.05) is 39.4 Å². The third-order valence-electron chi connectivity index (χ3n) is 5.45. The number of amides is 1. The predicted octanol–water partition coefficient (Wildman–Crippen LogP) is 3.03. The molecule has 1 amide bonds. The van der Waals surface area contributed by atoms with Gasteiger partial charge in [0.1, 0.15) is 17.1 Å². The van der Waals surface area contributed by atoms with Gasteiger partial charge in [0.2, 0.25) is 5.88 Å². The van der Waals surface area contributed by atoms with Crippen LogP contribution in [-0.2, 0) is 11.3 Å². The lowest BCUT2D eigenvalue weighted by Gasteiger charge is -2.35. The van der Waals surface area contributed by atoms with Gasteiger partial charge in [-0.2, -0.15) is 4.98 Å². The fourth-order valence-electron chi connectivity index (χ4n) is 3.87. The number of carbonyl (C=O) groups excluding carboxylic acids is 1. The molecule has 0 atom stereocenters. The highest BCUT2D eigenvalue weighted by Crippen LogP contribution is 2.36. The third kappa shape index (κ3) is 3.96. The summed E-state index contributed by atoms with van der Waals surface area (Å²) in [5, 5.41) is 12.1. The first-order chi connectivity index (χ1) is 15.4. The van der Waals surface area contributed by atoms with Crippen molar-refractivity contribution in [3.8, 4) is 5.88 Å². The Morgan fingerprint density at radius 3 is 2.56 bits per heavy atom. The van der Waals surface area contributed by atoms with Gasteiger partial charge in [0.05, 0.1) is 22.3 Å². The smallest absolute Gasteiger partial charge is 0.292 e. The highest BCUT2D eigenvalue weighted by Gasteiger charge is 2.29. The molecule has 3 aromatic rings. The van der Waals surface area contributed by atoms with Crippen LogP contribution in [0.2, 0.25) is 0 Å². The van der Waals surface area contributed by atoms with Gasteiger partial charge in [-0.25, -0.2) is 4.98 Å². The van der Waals surface area contributed by atoms with Crippen LogP contribution in [0.4, 0.5) is 11.4 Å². The van der Waals surface area contributed by atoms with E-state index in [-0.39, 0.29) is 23.1 Å². The molecule has 10 nitrogen and oxygen atoms in total. The molecule has 0 radical (unpaired) electrons. The van der Waals surface area contributed by atoms with Crippen molar-refractivity contribution in [3.63, 3.8) is 0 Å². The fourth-order valence-corrected chi connectivity index (χ4v) is 5.03. The highest BCUT2D eigenvalue weighted by molar-refractivity contribution is 7.20. The Hall–Kier alpha value is -3.31. The first-order valence-electron chi connectivity index (χ1n) is 10.0. The van der Waals surface area contributed by atoms with E-state index in [2.05, 4.69) is 9.97 Å². The molecule has 0 N–H and O–H groups in total. The number of nitrogens with zero attached hydrogens (tertiary/aromatic N) is 5. The number of anilines is 1. The zero-order chi connectivity index (χ0) is 22.8. The number of piperazine rings is 1. The second-order valence-electron chi connectivity index (χ2n) is 7.34. The Morgan fingerprint density at radius 1 is 1.19 bits per heavy atom. The summed E-state index contributed by atoms with van der Waals surface area (Å²) in [5.74, 6) is 0.842. The van der Waals surface area contributed by atoms with E-state index in [1.807, 2.05) is 11.8 Å². The van der Waals surface area contributed by atoms with E-state index < -0.39 is 0 Å². The van der Waals surface area contributed by atoms with Gasteiger partial charge < -0.3 is 19.3 Å². The van der Waals surface area contributed by atoms with Crippen LogP contribution in [0.25, 0.3) is 10.2 Å². The Labute approximate surface area is 188 Å². The minimum absolute atomic E-state index is 0.0742. The number of carbonyl (C=O) groups is 1. The number of aromatic nitrogens is 2. The molecule has 1 saturated heterocycles. The third-order valence-corrected chi connectivity index (χ3v) is 6.62. The summed E-state index contributed by atoms with van der Waals surface area (Å²) >= 11 is 1.32. The van der Waals surface area contributed by atoms with Gasteiger partial charge >= 0.3 is 0 Å². The molecule has 2 aromatic heterocycles. The van der Waals surface area contributed by atoms with E-state index in [9.17, 15) is 14.9 Å². The van der Waals surface area contributed by atoms with Crippen molar-refractivity contribution in [1.29, 1.82) is 0 Å². The summed E-state index contributed by atoms with van der Waals surface area (Å²) in [5.41, 5.74) is 1.44. The number of nitro groups is 1. The van der Waals surface area contributed by atoms with Crippen LogP contribution in [-0.4, -0.2) is 66.1 Å². The van der Waals surface area contributed by atoms with E-state index in [4.69, 9.17) is 9.47 Å². The van der Waals surface area contributed by atoms with Crippen LogP contribution < -0.4 is 9.64 Å². The lowest BCUT2D eigenvalue weighted by Crippen LogP contribution is -2.48. The molecule has 11 heteroatoms. The van der Waals surface area contributed by atoms with E-state index in [1.165, 1.54) is 17.4 Å². The fraction of sp³-hybridized carbons (Fsp3) is 0.381. The molecule has 1 aliphatic heterocycles. The van der Waals surface area contributed by atoms with Crippen LogP contribution in [0, 0.1) is 17.0 Å². The average Bonchev–Trinajstić information content (AvgIpc) is 3.14. The molecule has 0 spiro atoms. The number of nitro benzene ring substituents is 1. The summed E-state index contributed by atoms with van der Waals surface area (Å²) in [6.07, 6.45) is 0. The minimum atomic E-state index is -0.375. The first kappa shape index (κ1) is 21.9. The number of para-hydroxylation sites is 2. The highest BCUT2D eigenvalue weighted by atomic mass is 32.1. The minimum Gasteiger partial charge on any atom is -0.480 e. The summed E-state index contributed by atoms with van der Waals surface area (Å²) < 4.78 is 10.6. The lowest BCUT2D eigenvalue weighted by molar-refractivity contribution is -0.384. The van der Waals surface area contributed by atoms with Gasteiger partial charge in [-0.15, -0.1) is 11.3 Å². The molecular formula is C21H23N5O5S. The normalized spacial score (nSPS) is 14.1. The van der Waals surface area contributed by atoms with Crippen LogP contribution in [0.3, 0.4) is 0 Å². The van der Waals surface area contributed by atoms with Crippen LogP contribution >= 0.6 is 11.3 Å². The lowest BCUT2D eigenvalue weighted by atomic mass is 10.1. The quantitative estimate of drug-likeness (QED) is 0.410. The van der Waals surface area contributed by atoms with Gasteiger partial charge in [0.15, 0.2) is 5.82 Å². The molecule has 0 unspecified atom stereocenters. The molecule has 32 heavy (non-hydrogen) atoms. The van der Waals surface area contributed by atoms with Crippen molar-refractivity contribution < 1.29 is 19.2 Å². The van der Waals surface area contributed by atoms with E-state index >= 15 is 0 Å². The van der Waals surface area contributed by atoms with Gasteiger partial charge in [-0.1, -0.05) is 12.1 Å². The number of rotatable bonds is 6. The summed E-state index contributed by atoms with van der Waals surface area (Å²) in [7, 11) is 3.11. The van der Waals surface area contributed by atoms with Gasteiger partial charge in [0.25, 0.3) is 11.6 Å². The molecule has 1 aromatic carbocycles. The maximum absolute atomic E-state index is 13.3. The number of methoxy groups -OCH3 is 2. The molecule has 3 heterocycles. The SMILES string of the molecule is COCc1nc(OC)c2c(C)c(C(=O)N3CCN(c4ccccc4[N+](=O)[O-])CC3)sc2n1. The maximum atomic E-state index is 13.3. The molecule has 0 bridgehead atoms. The number of hydrogen-bond donors (Lipinski definition) is 0. The Balaban J connectivity index is 1.56. The van der Waals surface area contributed by atoms with Crippen molar-refractivity contribution in [3.05, 3.63) is 50.6 Å². The number of thiophene rings is 1. The van der Waals surface area contributed by atoms with Gasteiger partial charge in [-0.3, -0.25) is 14.9 Å². The van der Waals surface area contributed by atoms with Crippen molar-refractivity contribution in [2.45, 2.75) is 13.5 Å². The molecule has 0 aliphatic carbocycles. The summed E-state index contributed by atoms with van der Waals surface area (Å²) in [6.45, 7) is 4.09. The molecule has 1 aliphatic rings. The predicted molar refractivity (Wildman–Crippen MR) is 121 cm³/mol. The van der Waals surface area contributed by atoms with E-state index in [0.29, 0.717) is 53.3 Å². The van der Waals surface area contributed by atoms with Crippen molar-refractivity contribution in [2.75, 3.05) is 45.3 Å². The number of fused-ring (bicyclic) bond motifs is 1. The average molecular weight is 458 g/mol. The van der Waals surface area contributed by atoms with E-state index in [0.717, 1.165) is 10.9 Å². The van der Waals surface area contributed by atoms with Crippen molar-refractivity contribution in [1.82, 2.24) is 14.9 Å². The molecule has 168 valence electrons. The second-order valence-corrected chi connectivity index (χ2v) is 8.34. The molecule has 4 rings (SSSR count). The zero-order valence-corrected chi connectivity index (χ0v) is 18.8. The summed E-state index contributed by atoms with van der Waals surface area (Å²) in [4.78, 5) is 38.2. The number of benzene rings is 1. The number of hydrogen-bond acceptors (Lipinski definition) is 9. The van der Waals surface area contributed by atoms with Crippen molar-refractivity contribution >= 4 is 38.8 Å². The maximum Gasteiger partial charge on any atom is 0.292 e. The molecular weight excluding hydrogens is 434 g/mol. The van der Waals surface area contributed by atoms with Crippen LogP contribution in [0.15, 0.2) is 24.3 Å². The van der Waals surface area contributed by atoms with Gasteiger partial charge in [-0.05, 0) is 18.6 Å².